The molecule has 1 amide bonds. The van der Waals surface area contributed by atoms with Crippen molar-refractivity contribution in [2.75, 3.05) is 38.7 Å². The molecule has 0 unspecified atom stereocenters. The summed E-state index contributed by atoms with van der Waals surface area (Å²) in [6.07, 6.45) is 0.0884. The van der Waals surface area contributed by atoms with Crippen LogP contribution in [0.2, 0.25) is 0 Å². The zero-order valence-corrected chi connectivity index (χ0v) is 20.3. The van der Waals surface area contributed by atoms with Crippen molar-refractivity contribution in [2.24, 2.45) is 0 Å². The fraction of sp³-hybridized carbons (Fsp3) is 0.391. The maximum atomic E-state index is 13.4. The van der Waals surface area contributed by atoms with E-state index in [9.17, 15) is 4.79 Å². The average molecular weight is 464 g/mol. The second-order valence-electron chi connectivity index (χ2n) is 7.48. The van der Waals surface area contributed by atoms with E-state index in [4.69, 9.17) is 14.5 Å². The van der Waals surface area contributed by atoms with Crippen LogP contribution in [0, 0.1) is 0 Å². The Morgan fingerprint density at radius 3 is 2.42 bits per heavy atom. The molecular formula is C23H30ClN3O3S. The van der Waals surface area contributed by atoms with E-state index < -0.39 is 0 Å². The number of para-hydroxylation sites is 1. The van der Waals surface area contributed by atoms with Crippen LogP contribution in [0.4, 0.5) is 5.13 Å². The molecule has 0 spiro atoms. The zero-order valence-electron chi connectivity index (χ0n) is 18.6. The van der Waals surface area contributed by atoms with Crippen molar-refractivity contribution in [3.8, 4) is 11.5 Å². The van der Waals surface area contributed by atoms with Crippen molar-refractivity contribution in [1.29, 1.82) is 0 Å². The van der Waals surface area contributed by atoms with Gasteiger partial charge < -0.3 is 14.4 Å². The van der Waals surface area contributed by atoms with E-state index in [0.717, 1.165) is 28.3 Å². The fourth-order valence-corrected chi connectivity index (χ4v) is 3.99. The fourth-order valence-electron chi connectivity index (χ4n) is 2.99. The molecule has 31 heavy (non-hydrogen) atoms. The topological polar surface area (TPSA) is 54.9 Å². The summed E-state index contributed by atoms with van der Waals surface area (Å²) < 4.78 is 12.4. The van der Waals surface area contributed by atoms with Gasteiger partial charge in [-0.2, -0.15) is 0 Å². The number of rotatable bonds is 9. The van der Waals surface area contributed by atoms with Gasteiger partial charge in [0, 0.05) is 18.7 Å². The number of anilines is 1. The summed E-state index contributed by atoms with van der Waals surface area (Å²) in [4.78, 5) is 22.0. The van der Waals surface area contributed by atoms with Crippen LogP contribution in [-0.4, -0.2) is 55.7 Å². The maximum absolute atomic E-state index is 13.4. The summed E-state index contributed by atoms with van der Waals surface area (Å²) in [5.41, 5.74) is 1.40. The molecule has 0 aliphatic heterocycles. The lowest BCUT2D eigenvalue weighted by Crippen LogP contribution is -2.36. The van der Waals surface area contributed by atoms with E-state index in [1.807, 2.05) is 77.3 Å². The average Bonchev–Trinajstić information content (AvgIpc) is 3.13. The number of carbonyl (C=O) groups is 1. The van der Waals surface area contributed by atoms with E-state index in [1.54, 1.807) is 4.90 Å². The lowest BCUT2D eigenvalue weighted by atomic mass is 10.2. The van der Waals surface area contributed by atoms with E-state index in [1.165, 1.54) is 11.3 Å². The smallest absolute Gasteiger partial charge is 0.260 e. The van der Waals surface area contributed by atoms with Gasteiger partial charge in [0.05, 0.1) is 17.4 Å². The van der Waals surface area contributed by atoms with Crippen LogP contribution < -0.4 is 14.4 Å². The Morgan fingerprint density at radius 1 is 1.10 bits per heavy atom. The van der Waals surface area contributed by atoms with Crippen LogP contribution in [-0.2, 0) is 0 Å². The molecule has 0 aliphatic rings. The molecule has 168 valence electrons. The van der Waals surface area contributed by atoms with Gasteiger partial charge >= 0.3 is 0 Å². The Balaban J connectivity index is 0.00000341. The lowest BCUT2D eigenvalue weighted by molar-refractivity contribution is 0.0985. The Kier molecular flexibility index (Phi) is 9.10. The molecule has 0 saturated carbocycles. The summed E-state index contributed by atoms with van der Waals surface area (Å²) in [5, 5.41) is 0.673. The van der Waals surface area contributed by atoms with Gasteiger partial charge in [-0.05, 0) is 71.3 Å². The minimum absolute atomic E-state index is 0. The molecule has 0 atom stereocenters. The summed E-state index contributed by atoms with van der Waals surface area (Å²) in [6, 6.07) is 13.2. The van der Waals surface area contributed by atoms with Crippen molar-refractivity contribution >= 4 is 45.0 Å². The molecule has 0 fully saturated rings. The van der Waals surface area contributed by atoms with E-state index in [-0.39, 0.29) is 24.4 Å². The standard InChI is InChI=1S/C23H29N3O3S.ClH/c1-6-28-19-8-7-9-20-21(19)24-23(30-20)26(15-14-25(4)5)22(27)17-10-12-18(13-11-17)29-16(2)3;/h7-13,16H,6,14-15H2,1-5H3;1H. The first-order chi connectivity index (χ1) is 14.4. The second kappa shape index (κ2) is 11.3. The van der Waals surface area contributed by atoms with Gasteiger partial charge in [-0.25, -0.2) is 4.98 Å². The third-order valence-electron chi connectivity index (χ3n) is 4.39. The normalized spacial score (nSPS) is 10.9. The van der Waals surface area contributed by atoms with E-state index >= 15 is 0 Å². The molecule has 0 N–H and O–H groups in total. The summed E-state index contributed by atoms with van der Waals surface area (Å²) in [5.74, 6) is 1.42. The highest BCUT2D eigenvalue weighted by Crippen LogP contribution is 2.34. The highest BCUT2D eigenvalue weighted by Gasteiger charge is 2.22. The van der Waals surface area contributed by atoms with Crippen LogP contribution in [0.15, 0.2) is 42.5 Å². The number of hydrogen-bond acceptors (Lipinski definition) is 6. The Labute approximate surface area is 194 Å². The predicted molar refractivity (Wildman–Crippen MR) is 130 cm³/mol. The maximum Gasteiger partial charge on any atom is 0.260 e. The number of amides is 1. The van der Waals surface area contributed by atoms with Crippen molar-refractivity contribution < 1.29 is 14.3 Å². The molecule has 0 bridgehead atoms. The number of carbonyl (C=O) groups excluding carboxylic acids is 1. The van der Waals surface area contributed by atoms with Gasteiger partial charge in [-0.1, -0.05) is 17.4 Å². The monoisotopic (exact) mass is 463 g/mol. The second-order valence-corrected chi connectivity index (χ2v) is 8.49. The quantitative estimate of drug-likeness (QED) is 0.441. The number of likely N-dealkylation sites (N-methyl/N-ethyl adjacent to an activating group) is 1. The first-order valence-corrected chi connectivity index (χ1v) is 11.0. The molecule has 0 radical (unpaired) electrons. The Bertz CT molecular complexity index is 989. The number of halogens is 1. The number of nitrogens with zero attached hydrogens (tertiary/aromatic N) is 3. The zero-order chi connectivity index (χ0) is 21.7. The highest BCUT2D eigenvalue weighted by molar-refractivity contribution is 7.22. The summed E-state index contributed by atoms with van der Waals surface area (Å²) in [6.45, 7) is 7.75. The van der Waals surface area contributed by atoms with Crippen molar-refractivity contribution in [2.45, 2.75) is 26.9 Å². The predicted octanol–water partition coefficient (Wildman–Crippen LogP) is 5.11. The van der Waals surface area contributed by atoms with Crippen molar-refractivity contribution in [1.82, 2.24) is 9.88 Å². The minimum atomic E-state index is -0.0787. The van der Waals surface area contributed by atoms with Gasteiger partial charge in [0.15, 0.2) is 5.13 Å². The molecule has 1 aromatic heterocycles. The van der Waals surface area contributed by atoms with Crippen molar-refractivity contribution in [3.05, 3.63) is 48.0 Å². The largest absolute Gasteiger partial charge is 0.492 e. The Morgan fingerprint density at radius 2 is 1.81 bits per heavy atom. The minimum Gasteiger partial charge on any atom is -0.492 e. The molecule has 1 heterocycles. The van der Waals surface area contributed by atoms with Crippen molar-refractivity contribution in [3.63, 3.8) is 0 Å². The summed E-state index contributed by atoms with van der Waals surface area (Å²) >= 11 is 1.50. The molecule has 8 heteroatoms. The van der Waals surface area contributed by atoms with Crippen LogP contribution >= 0.6 is 23.7 Å². The van der Waals surface area contributed by atoms with Crippen LogP contribution in [0.1, 0.15) is 31.1 Å². The highest BCUT2D eigenvalue weighted by atomic mass is 35.5. The number of ether oxygens (including phenoxy) is 2. The number of thiazole rings is 1. The molecule has 6 nitrogen and oxygen atoms in total. The van der Waals surface area contributed by atoms with Gasteiger partial charge in [0.2, 0.25) is 0 Å². The van der Waals surface area contributed by atoms with Crippen LogP contribution in [0.5, 0.6) is 11.5 Å². The van der Waals surface area contributed by atoms with Gasteiger partial charge in [-0.15, -0.1) is 12.4 Å². The molecule has 2 aromatic carbocycles. The van der Waals surface area contributed by atoms with E-state index in [2.05, 4.69) is 4.90 Å². The molecule has 3 rings (SSSR count). The SMILES string of the molecule is CCOc1cccc2sc(N(CCN(C)C)C(=O)c3ccc(OC(C)C)cc3)nc12.Cl. The molecule has 3 aromatic rings. The third kappa shape index (κ3) is 6.32. The lowest BCUT2D eigenvalue weighted by Gasteiger charge is -2.22. The Hall–Kier alpha value is -2.35. The van der Waals surface area contributed by atoms with Gasteiger partial charge in [0.25, 0.3) is 5.91 Å². The molecule has 0 aliphatic carbocycles. The van der Waals surface area contributed by atoms with Gasteiger partial charge in [-0.3, -0.25) is 9.69 Å². The third-order valence-corrected chi connectivity index (χ3v) is 5.43. The van der Waals surface area contributed by atoms with E-state index in [0.29, 0.717) is 23.8 Å². The molecule has 0 saturated heterocycles. The van der Waals surface area contributed by atoms with Crippen LogP contribution in [0.3, 0.4) is 0 Å². The molecular weight excluding hydrogens is 434 g/mol. The van der Waals surface area contributed by atoms with Crippen LogP contribution in [0.25, 0.3) is 10.2 Å². The number of fused-ring (bicyclic) bond motifs is 1. The first-order valence-electron chi connectivity index (χ1n) is 10.1. The summed E-state index contributed by atoms with van der Waals surface area (Å²) in [7, 11) is 3.98. The number of aromatic nitrogens is 1. The first kappa shape index (κ1) is 24.9. The number of hydrogen-bond donors (Lipinski definition) is 0. The number of benzene rings is 2. The van der Waals surface area contributed by atoms with Gasteiger partial charge in [0.1, 0.15) is 17.0 Å².